The van der Waals surface area contributed by atoms with Gasteiger partial charge in [0.2, 0.25) is 0 Å². The number of rotatable bonds is 7. The monoisotopic (exact) mass is 427 g/mol. The molecule has 5 rings (SSSR count). The average molecular weight is 428 g/mol. The normalized spacial score (nSPS) is 25.4. The molecule has 0 saturated heterocycles. The predicted molar refractivity (Wildman–Crippen MR) is 124 cm³/mol. The molecule has 164 valence electrons. The molecule has 1 N–H and O–H groups in total. The van der Waals surface area contributed by atoms with Gasteiger partial charge in [0.05, 0.1) is 23.3 Å². The van der Waals surface area contributed by atoms with Gasteiger partial charge in [-0.1, -0.05) is 60.7 Å². The first-order valence-electron chi connectivity index (χ1n) is 11.6. The standard InChI is InChI=1S/C28H29NO3/c30-26(31)27(23-9-5-2-6-10-23)14-16-28(17-15-27,32-20-21-11-12-21)24-13-18-29-25(19-24)22-7-3-1-4-8-22/h1-10,13,18-19,21H,11-12,14-17,20H2,(H,30,31)/t27-,28+. The lowest BCUT2D eigenvalue weighted by atomic mass is 9.63. The second-order valence-electron chi connectivity index (χ2n) is 9.30. The van der Waals surface area contributed by atoms with Crippen molar-refractivity contribution in [3.05, 3.63) is 90.1 Å². The molecule has 0 amide bonds. The smallest absolute Gasteiger partial charge is 0.314 e. The molecule has 0 radical (unpaired) electrons. The summed E-state index contributed by atoms with van der Waals surface area (Å²) in [6.07, 6.45) is 6.78. The van der Waals surface area contributed by atoms with Crippen LogP contribution in [0.1, 0.15) is 49.7 Å². The first-order valence-corrected chi connectivity index (χ1v) is 11.6. The Morgan fingerprint density at radius 3 is 2.19 bits per heavy atom. The number of aromatic nitrogens is 1. The van der Waals surface area contributed by atoms with Crippen LogP contribution in [-0.2, 0) is 20.5 Å². The third kappa shape index (κ3) is 3.95. The van der Waals surface area contributed by atoms with E-state index in [1.165, 1.54) is 12.8 Å². The number of carboxylic acid groups (broad SMARTS) is 1. The molecular weight excluding hydrogens is 398 g/mol. The molecule has 2 fully saturated rings. The van der Waals surface area contributed by atoms with Crippen molar-refractivity contribution in [1.29, 1.82) is 0 Å². The van der Waals surface area contributed by atoms with E-state index < -0.39 is 17.0 Å². The van der Waals surface area contributed by atoms with Crippen molar-refractivity contribution >= 4 is 5.97 Å². The number of carbonyl (C=O) groups is 1. The van der Waals surface area contributed by atoms with E-state index >= 15 is 0 Å². The lowest BCUT2D eigenvalue weighted by Gasteiger charge is -2.45. The second kappa shape index (κ2) is 8.51. The summed E-state index contributed by atoms with van der Waals surface area (Å²) in [4.78, 5) is 17.1. The Hall–Kier alpha value is -2.98. The van der Waals surface area contributed by atoms with E-state index in [9.17, 15) is 9.90 Å². The summed E-state index contributed by atoms with van der Waals surface area (Å²) in [5, 5.41) is 10.3. The van der Waals surface area contributed by atoms with Gasteiger partial charge in [0, 0.05) is 11.8 Å². The van der Waals surface area contributed by atoms with Crippen LogP contribution in [0.4, 0.5) is 0 Å². The maximum absolute atomic E-state index is 12.5. The van der Waals surface area contributed by atoms with Gasteiger partial charge in [0.25, 0.3) is 0 Å². The molecule has 4 nitrogen and oxygen atoms in total. The highest BCUT2D eigenvalue weighted by atomic mass is 16.5. The Morgan fingerprint density at radius 2 is 1.56 bits per heavy atom. The first-order chi connectivity index (χ1) is 15.6. The number of aliphatic carboxylic acids is 1. The highest BCUT2D eigenvalue weighted by molar-refractivity contribution is 5.81. The van der Waals surface area contributed by atoms with Gasteiger partial charge in [0.15, 0.2) is 0 Å². The zero-order chi connectivity index (χ0) is 22.0. The summed E-state index contributed by atoms with van der Waals surface area (Å²) in [5.41, 5.74) is 2.68. The average Bonchev–Trinajstić information content (AvgIpc) is 3.69. The Bertz CT molecular complexity index is 1070. The maximum Gasteiger partial charge on any atom is 0.314 e. The summed E-state index contributed by atoms with van der Waals surface area (Å²) in [6, 6.07) is 24.1. The molecule has 0 spiro atoms. The SMILES string of the molecule is O=C(O)[C@]1(c2ccccc2)CC[C@@](OCC2CC2)(c2ccnc(-c3ccccc3)c2)CC1. The van der Waals surface area contributed by atoms with Crippen molar-refractivity contribution < 1.29 is 14.6 Å². The molecule has 2 aromatic carbocycles. The van der Waals surface area contributed by atoms with Crippen molar-refractivity contribution in [3.8, 4) is 11.3 Å². The molecule has 0 aliphatic heterocycles. The van der Waals surface area contributed by atoms with Crippen molar-refractivity contribution in [1.82, 2.24) is 4.98 Å². The Kier molecular flexibility index (Phi) is 5.56. The van der Waals surface area contributed by atoms with Gasteiger partial charge in [-0.3, -0.25) is 9.78 Å². The minimum atomic E-state index is -0.858. The van der Waals surface area contributed by atoms with E-state index in [1.807, 2.05) is 54.7 Å². The fourth-order valence-corrected chi connectivity index (χ4v) is 5.02. The van der Waals surface area contributed by atoms with Gasteiger partial charge < -0.3 is 9.84 Å². The minimum absolute atomic E-state index is 0.469. The molecule has 0 unspecified atom stereocenters. The number of hydrogen-bond acceptors (Lipinski definition) is 3. The second-order valence-corrected chi connectivity index (χ2v) is 9.30. The maximum atomic E-state index is 12.5. The fraction of sp³-hybridized carbons (Fsp3) is 0.357. The largest absolute Gasteiger partial charge is 0.481 e. The molecule has 2 saturated carbocycles. The van der Waals surface area contributed by atoms with Gasteiger partial charge in [-0.05, 0) is 67.7 Å². The molecule has 1 aromatic heterocycles. The minimum Gasteiger partial charge on any atom is -0.481 e. The molecule has 0 bridgehead atoms. The lowest BCUT2D eigenvalue weighted by molar-refractivity contribution is -0.151. The molecule has 2 aliphatic rings. The molecule has 0 atom stereocenters. The molecular formula is C28H29NO3. The molecule has 1 heterocycles. The van der Waals surface area contributed by atoms with E-state index in [2.05, 4.69) is 29.2 Å². The van der Waals surface area contributed by atoms with Crippen molar-refractivity contribution in [2.24, 2.45) is 5.92 Å². The van der Waals surface area contributed by atoms with Crippen LogP contribution in [0.2, 0.25) is 0 Å². The molecule has 2 aliphatic carbocycles. The molecule has 3 aromatic rings. The first kappa shape index (κ1) is 20.9. The number of benzene rings is 2. The quantitative estimate of drug-likeness (QED) is 0.505. The van der Waals surface area contributed by atoms with Crippen LogP contribution in [0.3, 0.4) is 0 Å². The number of ether oxygens (including phenoxy) is 1. The van der Waals surface area contributed by atoms with Crippen molar-refractivity contribution in [3.63, 3.8) is 0 Å². The molecule has 4 heteroatoms. The van der Waals surface area contributed by atoms with Crippen LogP contribution in [0, 0.1) is 5.92 Å². The Balaban J connectivity index is 1.48. The van der Waals surface area contributed by atoms with Gasteiger partial charge in [0.1, 0.15) is 0 Å². The van der Waals surface area contributed by atoms with Crippen LogP contribution in [-0.4, -0.2) is 22.7 Å². The van der Waals surface area contributed by atoms with Gasteiger partial charge in [-0.2, -0.15) is 0 Å². The van der Waals surface area contributed by atoms with Gasteiger partial charge in [-0.15, -0.1) is 0 Å². The third-order valence-electron chi connectivity index (χ3n) is 7.29. The number of hydrogen-bond donors (Lipinski definition) is 1. The van der Waals surface area contributed by atoms with Crippen LogP contribution in [0.25, 0.3) is 11.3 Å². The summed E-state index contributed by atoms with van der Waals surface area (Å²) < 4.78 is 6.66. The summed E-state index contributed by atoms with van der Waals surface area (Å²) in [7, 11) is 0. The van der Waals surface area contributed by atoms with Gasteiger partial charge in [-0.25, -0.2) is 0 Å². The number of nitrogens with zero attached hydrogens (tertiary/aromatic N) is 1. The highest BCUT2D eigenvalue weighted by Crippen LogP contribution is 2.50. The highest BCUT2D eigenvalue weighted by Gasteiger charge is 2.50. The van der Waals surface area contributed by atoms with E-state index in [1.54, 1.807) is 0 Å². The summed E-state index contributed by atoms with van der Waals surface area (Å²) >= 11 is 0. The van der Waals surface area contributed by atoms with E-state index in [0.29, 0.717) is 31.6 Å². The number of carboxylic acids is 1. The van der Waals surface area contributed by atoms with Crippen LogP contribution in [0.15, 0.2) is 79.0 Å². The topological polar surface area (TPSA) is 59.4 Å². The lowest BCUT2D eigenvalue weighted by Crippen LogP contribution is -2.46. The molecule has 32 heavy (non-hydrogen) atoms. The zero-order valence-electron chi connectivity index (χ0n) is 18.2. The summed E-state index contributed by atoms with van der Waals surface area (Å²) in [6.45, 7) is 0.744. The zero-order valence-corrected chi connectivity index (χ0v) is 18.2. The van der Waals surface area contributed by atoms with Crippen LogP contribution < -0.4 is 0 Å². The van der Waals surface area contributed by atoms with E-state index in [-0.39, 0.29) is 0 Å². The summed E-state index contributed by atoms with van der Waals surface area (Å²) in [5.74, 6) is -0.0956. The fourth-order valence-electron chi connectivity index (χ4n) is 5.02. The van der Waals surface area contributed by atoms with Crippen LogP contribution >= 0.6 is 0 Å². The van der Waals surface area contributed by atoms with E-state index in [0.717, 1.165) is 29.0 Å². The van der Waals surface area contributed by atoms with Crippen LogP contribution in [0.5, 0.6) is 0 Å². The predicted octanol–water partition coefficient (Wildman–Crippen LogP) is 5.97. The van der Waals surface area contributed by atoms with E-state index in [4.69, 9.17) is 4.74 Å². The van der Waals surface area contributed by atoms with Gasteiger partial charge >= 0.3 is 5.97 Å². The third-order valence-corrected chi connectivity index (χ3v) is 7.29. The number of pyridine rings is 1. The Labute approximate surface area is 189 Å². The van der Waals surface area contributed by atoms with Crippen molar-refractivity contribution in [2.75, 3.05) is 6.61 Å². The van der Waals surface area contributed by atoms with Crippen molar-refractivity contribution in [2.45, 2.75) is 49.5 Å². The Morgan fingerprint density at radius 1 is 0.906 bits per heavy atom.